The second-order valence-electron chi connectivity index (χ2n) is 5.62. The molecule has 1 aromatic heterocycles. The van der Waals surface area contributed by atoms with Gasteiger partial charge in [-0.15, -0.1) is 0 Å². The van der Waals surface area contributed by atoms with Crippen molar-refractivity contribution >= 4 is 11.0 Å². The van der Waals surface area contributed by atoms with Crippen molar-refractivity contribution in [3.8, 4) is 0 Å². The molecular weight excluding hydrogens is 234 g/mol. The van der Waals surface area contributed by atoms with E-state index in [4.69, 9.17) is 4.42 Å². The summed E-state index contributed by atoms with van der Waals surface area (Å²) in [6.45, 7) is 3.21. The number of furan rings is 1. The van der Waals surface area contributed by atoms with Crippen molar-refractivity contribution in [3.05, 3.63) is 36.1 Å². The molecule has 1 aliphatic rings. The normalized spacial score (nSPS) is 18.8. The van der Waals surface area contributed by atoms with E-state index >= 15 is 0 Å². The Hall–Kier alpha value is -1.28. The third kappa shape index (κ3) is 2.55. The summed E-state index contributed by atoms with van der Waals surface area (Å²) in [6.07, 6.45) is 8.81. The lowest BCUT2D eigenvalue weighted by Crippen LogP contribution is -2.29. The molecule has 0 saturated heterocycles. The van der Waals surface area contributed by atoms with Crippen LogP contribution in [0.4, 0.5) is 0 Å². The van der Waals surface area contributed by atoms with E-state index in [0.717, 1.165) is 18.0 Å². The van der Waals surface area contributed by atoms with Crippen LogP contribution in [0, 0.1) is 5.92 Å². The third-order valence-electron chi connectivity index (χ3n) is 4.39. The molecule has 1 heterocycles. The highest BCUT2D eigenvalue weighted by molar-refractivity contribution is 5.81. The largest absolute Gasteiger partial charge is 0.464 e. The molecule has 1 unspecified atom stereocenters. The monoisotopic (exact) mass is 257 g/mol. The Balaban J connectivity index is 1.94. The molecule has 0 aliphatic heterocycles. The number of fused-ring (bicyclic) bond motifs is 1. The molecule has 0 amide bonds. The van der Waals surface area contributed by atoms with E-state index in [1.165, 1.54) is 43.1 Å². The van der Waals surface area contributed by atoms with Crippen LogP contribution in [0.2, 0.25) is 0 Å². The standard InChI is InChI=1S/C17H23NO/c1-2-18-17(13-8-4-3-5-9-13)15-12-19-16-11-7-6-10-14(15)16/h6-7,10-13,17-18H,2-5,8-9H2,1H3. The molecule has 19 heavy (non-hydrogen) atoms. The zero-order valence-electron chi connectivity index (χ0n) is 11.7. The van der Waals surface area contributed by atoms with Crippen LogP contribution in [-0.2, 0) is 0 Å². The molecule has 1 aliphatic carbocycles. The molecule has 1 aromatic carbocycles. The predicted molar refractivity (Wildman–Crippen MR) is 79.2 cm³/mol. The lowest BCUT2D eigenvalue weighted by Gasteiger charge is -2.30. The van der Waals surface area contributed by atoms with Gasteiger partial charge in [-0.25, -0.2) is 0 Å². The quantitative estimate of drug-likeness (QED) is 0.861. The maximum atomic E-state index is 5.73. The molecule has 0 radical (unpaired) electrons. The Morgan fingerprint density at radius 1 is 1.21 bits per heavy atom. The Bertz CT molecular complexity index is 525. The van der Waals surface area contributed by atoms with Crippen molar-refractivity contribution in [1.82, 2.24) is 5.32 Å². The lowest BCUT2D eigenvalue weighted by atomic mass is 9.81. The molecule has 2 heteroatoms. The van der Waals surface area contributed by atoms with Crippen molar-refractivity contribution in [2.24, 2.45) is 5.92 Å². The van der Waals surface area contributed by atoms with Gasteiger partial charge < -0.3 is 9.73 Å². The summed E-state index contributed by atoms with van der Waals surface area (Å²) in [6, 6.07) is 8.84. The first-order valence-electron chi connectivity index (χ1n) is 7.59. The van der Waals surface area contributed by atoms with Gasteiger partial charge in [0.15, 0.2) is 0 Å². The molecule has 102 valence electrons. The maximum absolute atomic E-state index is 5.73. The SMILES string of the molecule is CCNC(c1coc2ccccc12)C1CCCCC1. The van der Waals surface area contributed by atoms with Gasteiger partial charge in [0.2, 0.25) is 0 Å². The van der Waals surface area contributed by atoms with Crippen LogP contribution >= 0.6 is 0 Å². The van der Waals surface area contributed by atoms with Gasteiger partial charge in [0.05, 0.1) is 6.26 Å². The van der Waals surface area contributed by atoms with Gasteiger partial charge in [0, 0.05) is 17.0 Å². The minimum Gasteiger partial charge on any atom is -0.464 e. The van der Waals surface area contributed by atoms with E-state index in [-0.39, 0.29) is 0 Å². The van der Waals surface area contributed by atoms with Gasteiger partial charge in [-0.2, -0.15) is 0 Å². The van der Waals surface area contributed by atoms with Crippen LogP contribution < -0.4 is 5.32 Å². The number of para-hydroxylation sites is 1. The highest BCUT2D eigenvalue weighted by Gasteiger charge is 2.26. The minimum atomic E-state index is 0.453. The Morgan fingerprint density at radius 2 is 2.00 bits per heavy atom. The fourth-order valence-electron chi connectivity index (χ4n) is 3.46. The second-order valence-corrected chi connectivity index (χ2v) is 5.62. The molecule has 1 saturated carbocycles. The zero-order chi connectivity index (χ0) is 13.1. The molecule has 1 atom stereocenters. The first kappa shape index (κ1) is 12.7. The number of hydrogen-bond acceptors (Lipinski definition) is 2. The summed E-state index contributed by atoms with van der Waals surface area (Å²) >= 11 is 0. The number of hydrogen-bond donors (Lipinski definition) is 1. The Kier molecular flexibility index (Phi) is 3.88. The van der Waals surface area contributed by atoms with E-state index in [1.807, 2.05) is 12.3 Å². The third-order valence-corrected chi connectivity index (χ3v) is 4.39. The lowest BCUT2D eigenvalue weighted by molar-refractivity contribution is 0.274. The van der Waals surface area contributed by atoms with E-state index in [2.05, 4.69) is 30.4 Å². The molecule has 1 N–H and O–H groups in total. The minimum absolute atomic E-state index is 0.453. The van der Waals surface area contributed by atoms with Crippen LogP contribution in [0.15, 0.2) is 34.9 Å². The van der Waals surface area contributed by atoms with Gasteiger partial charge in [0.1, 0.15) is 5.58 Å². The van der Waals surface area contributed by atoms with E-state index in [1.54, 1.807) is 0 Å². The molecular formula is C17H23NO. The molecule has 2 nitrogen and oxygen atoms in total. The molecule has 0 spiro atoms. The smallest absolute Gasteiger partial charge is 0.134 e. The van der Waals surface area contributed by atoms with E-state index in [0.29, 0.717) is 6.04 Å². The fraction of sp³-hybridized carbons (Fsp3) is 0.529. The number of rotatable bonds is 4. The Morgan fingerprint density at radius 3 is 2.79 bits per heavy atom. The van der Waals surface area contributed by atoms with Crippen molar-refractivity contribution < 1.29 is 4.42 Å². The second kappa shape index (κ2) is 5.79. The average molecular weight is 257 g/mol. The summed E-state index contributed by atoms with van der Waals surface area (Å²) in [5, 5.41) is 4.96. The van der Waals surface area contributed by atoms with Crippen LogP contribution in [0.1, 0.15) is 50.6 Å². The van der Waals surface area contributed by atoms with Crippen LogP contribution in [0.3, 0.4) is 0 Å². The first-order chi connectivity index (χ1) is 9.40. The fourth-order valence-corrected chi connectivity index (χ4v) is 3.46. The summed E-state index contributed by atoms with van der Waals surface area (Å²) in [4.78, 5) is 0. The number of nitrogens with one attached hydrogen (secondary N) is 1. The maximum Gasteiger partial charge on any atom is 0.134 e. The molecule has 2 aromatic rings. The Labute approximate surface area is 115 Å². The summed E-state index contributed by atoms with van der Waals surface area (Å²) in [7, 11) is 0. The topological polar surface area (TPSA) is 25.2 Å². The van der Waals surface area contributed by atoms with Gasteiger partial charge in [0.25, 0.3) is 0 Å². The summed E-state index contributed by atoms with van der Waals surface area (Å²) < 4.78 is 5.73. The number of benzene rings is 1. The molecule has 1 fully saturated rings. The van der Waals surface area contributed by atoms with Crippen molar-refractivity contribution in [2.45, 2.75) is 45.1 Å². The van der Waals surface area contributed by atoms with Crippen molar-refractivity contribution in [1.29, 1.82) is 0 Å². The van der Waals surface area contributed by atoms with Crippen LogP contribution in [-0.4, -0.2) is 6.54 Å². The van der Waals surface area contributed by atoms with Crippen molar-refractivity contribution in [2.75, 3.05) is 6.54 Å². The van der Waals surface area contributed by atoms with E-state index in [9.17, 15) is 0 Å². The van der Waals surface area contributed by atoms with Gasteiger partial charge >= 0.3 is 0 Å². The van der Waals surface area contributed by atoms with Gasteiger partial charge in [-0.3, -0.25) is 0 Å². The molecule has 3 rings (SSSR count). The summed E-state index contributed by atoms with van der Waals surface area (Å²) in [5.74, 6) is 0.759. The van der Waals surface area contributed by atoms with E-state index < -0.39 is 0 Å². The van der Waals surface area contributed by atoms with Gasteiger partial charge in [-0.05, 0) is 31.4 Å². The summed E-state index contributed by atoms with van der Waals surface area (Å²) in [5.41, 5.74) is 2.36. The van der Waals surface area contributed by atoms with Crippen LogP contribution in [0.25, 0.3) is 11.0 Å². The van der Waals surface area contributed by atoms with Crippen molar-refractivity contribution in [3.63, 3.8) is 0 Å². The van der Waals surface area contributed by atoms with Crippen LogP contribution in [0.5, 0.6) is 0 Å². The average Bonchev–Trinajstić information content (AvgIpc) is 2.89. The highest BCUT2D eigenvalue weighted by atomic mass is 16.3. The predicted octanol–water partition coefficient (Wildman–Crippen LogP) is 4.66. The zero-order valence-corrected chi connectivity index (χ0v) is 11.7. The highest BCUT2D eigenvalue weighted by Crippen LogP contribution is 2.37. The van der Waals surface area contributed by atoms with Gasteiger partial charge in [-0.1, -0.05) is 44.4 Å². The molecule has 0 bridgehead atoms. The first-order valence-corrected chi connectivity index (χ1v) is 7.59.